The molecule has 1 aromatic carbocycles. The third-order valence-electron chi connectivity index (χ3n) is 2.44. The van der Waals surface area contributed by atoms with Gasteiger partial charge in [0.1, 0.15) is 5.82 Å². The molecule has 3 heteroatoms. The number of aromatic amines is 1. The number of benzene rings is 1. The molecule has 0 atom stereocenters. The first kappa shape index (κ1) is 7.09. The van der Waals surface area contributed by atoms with E-state index in [2.05, 4.69) is 22.1 Å². The van der Waals surface area contributed by atoms with Crippen LogP contribution in [0.3, 0.4) is 0 Å². The molecule has 1 N–H and O–H groups in total. The topological polar surface area (TPSA) is 37.9 Å². The molecule has 13 heavy (non-hydrogen) atoms. The average molecular weight is 174 g/mol. The first-order chi connectivity index (χ1) is 6.33. The van der Waals surface area contributed by atoms with Crippen molar-refractivity contribution in [2.75, 3.05) is 0 Å². The van der Waals surface area contributed by atoms with Gasteiger partial charge in [0.2, 0.25) is 0 Å². The minimum absolute atomic E-state index is 0.733. The molecule has 1 aromatic heterocycles. The van der Waals surface area contributed by atoms with Gasteiger partial charge in [0, 0.05) is 0 Å². The van der Waals surface area contributed by atoms with Crippen LogP contribution >= 0.6 is 0 Å². The second-order valence-electron chi connectivity index (χ2n) is 3.45. The number of hydrogen-bond acceptors (Lipinski definition) is 2. The minimum atomic E-state index is 0.733. The smallest absolute Gasteiger partial charge is 0.104 e. The van der Waals surface area contributed by atoms with Gasteiger partial charge in [-0.3, -0.25) is 0 Å². The first-order valence-electron chi connectivity index (χ1n) is 4.39. The molecule has 2 heterocycles. The van der Waals surface area contributed by atoms with Crippen LogP contribution in [0.1, 0.15) is 17.0 Å². The van der Waals surface area contributed by atoms with E-state index in [4.69, 9.17) is 4.74 Å². The summed E-state index contributed by atoms with van der Waals surface area (Å²) in [6.45, 7) is 3.45. The van der Waals surface area contributed by atoms with E-state index in [0.29, 0.717) is 0 Å². The van der Waals surface area contributed by atoms with Gasteiger partial charge in [0.05, 0.1) is 24.2 Å². The largest absolute Gasteiger partial charge is 0.372 e. The van der Waals surface area contributed by atoms with Gasteiger partial charge in [-0.05, 0) is 30.2 Å². The average Bonchev–Trinajstić information content (AvgIpc) is 2.63. The lowest BCUT2D eigenvalue weighted by Crippen LogP contribution is -1.81. The maximum atomic E-state index is 5.34. The van der Waals surface area contributed by atoms with Crippen molar-refractivity contribution < 1.29 is 4.74 Å². The molecule has 0 unspecified atom stereocenters. The van der Waals surface area contributed by atoms with Crippen LogP contribution in [0, 0.1) is 6.92 Å². The van der Waals surface area contributed by atoms with Gasteiger partial charge in [-0.1, -0.05) is 0 Å². The second kappa shape index (κ2) is 2.33. The summed E-state index contributed by atoms with van der Waals surface area (Å²) in [6, 6.07) is 4.25. The molecule has 0 amide bonds. The maximum Gasteiger partial charge on any atom is 0.104 e. The van der Waals surface area contributed by atoms with Crippen LogP contribution in [0.15, 0.2) is 12.1 Å². The highest BCUT2D eigenvalue weighted by atomic mass is 16.5. The fraction of sp³-hybridized carbons (Fsp3) is 0.300. The maximum absolute atomic E-state index is 5.34. The van der Waals surface area contributed by atoms with Gasteiger partial charge in [0.15, 0.2) is 0 Å². The van der Waals surface area contributed by atoms with E-state index in [1.165, 1.54) is 11.1 Å². The molecule has 0 aliphatic carbocycles. The lowest BCUT2D eigenvalue weighted by molar-refractivity contribution is 0.134. The number of hydrogen-bond donors (Lipinski definition) is 1. The molecule has 1 aliphatic rings. The van der Waals surface area contributed by atoms with Crippen molar-refractivity contribution in [3.63, 3.8) is 0 Å². The molecular weight excluding hydrogens is 164 g/mol. The van der Waals surface area contributed by atoms with Crippen LogP contribution in [0.5, 0.6) is 0 Å². The van der Waals surface area contributed by atoms with Crippen LogP contribution in [0.2, 0.25) is 0 Å². The Morgan fingerprint density at radius 2 is 2.08 bits per heavy atom. The Hall–Kier alpha value is -1.35. The number of nitrogens with one attached hydrogen (secondary N) is 1. The standard InChI is InChI=1S/C10H10N2O/c1-6-11-9-2-7-4-13-5-8(7)3-10(9)12-6/h2-3H,4-5H2,1H3,(H,11,12). The Labute approximate surface area is 75.7 Å². The molecule has 0 saturated heterocycles. The summed E-state index contributed by atoms with van der Waals surface area (Å²) in [4.78, 5) is 7.60. The van der Waals surface area contributed by atoms with E-state index >= 15 is 0 Å². The van der Waals surface area contributed by atoms with Gasteiger partial charge in [-0.25, -0.2) is 4.98 Å². The minimum Gasteiger partial charge on any atom is -0.372 e. The molecule has 66 valence electrons. The number of fused-ring (bicyclic) bond motifs is 2. The van der Waals surface area contributed by atoms with Crippen LogP contribution in [-0.2, 0) is 18.0 Å². The zero-order valence-electron chi connectivity index (χ0n) is 7.42. The normalized spacial score (nSPS) is 15.2. The van der Waals surface area contributed by atoms with Gasteiger partial charge < -0.3 is 9.72 Å². The number of ether oxygens (including phenoxy) is 1. The van der Waals surface area contributed by atoms with Crippen molar-refractivity contribution in [1.29, 1.82) is 0 Å². The van der Waals surface area contributed by atoms with Crippen molar-refractivity contribution in [1.82, 2.24) is 9.97 Å². The summed E-state index contributed by atoms with van der Waals surface area (Å²) in [6.07, 6.45) is 0. The summed E-state index contributed by atoms with van der Waals surface area (Å²) >= 11 is 0. The number of imidazole rings is 1. The Morgan fingerprint density at radius 3 is 2.92 bits per heavy atom. The highest BCUT2D eigenvalue weighted by Crippen LogP contribution is 2.24. The third-order valence-corrected chi connectivity index (χ3v) is 2.44. The van der Waals surface area contributed by atoms with Crippen LogP contribution in [0.25, 0.3) is 11.0 Å². The number of H-pyrrole nitrogens is 1. The zero-order chi connectivity index (χ0) is 8.84. The third kappa shape index (κ3) is 0.971. The number of nitrogens with zero attached hydrogens (tertiary/aromatic N) is 1. The van der Waals surface area contributed by atoms with Crippen molar-refractivity contribution in [3.8, 4) is 0 Å². The van der Waals surface area contributed by atoms with Crippen molar-refractivity contribution in [3.05, 3.63) is 29.1 Å². The van der Waals surface area contributed by atoms with E-state index in [9.17, 15) is 0 Å². The summed E-state index contributed by atoms with van der Waals surface area (Å²) in [7, 11) is 0. The molecule has 0 saturated carbocycles. The molecule has 0 radical (unpaired) electrons. The predicted octanol–water partition coefficient (Wildman–Crippen LogP) is 1.90. The fourth-order valence-electron chi connectivity index (χ4n) is 1.81. The van der Waals surface area contributed by atoms with E-state index in [-0.39, 0.29) is 0 Å². The molecular formula is C10H10N2O. The molecule has 0 fully saturated rings. The Kier molecular flexibility index (Phi) is 1.27. The summed E-state index contributed by atoms with van der Waals surface area (Å²) in [5.74, 6) is 0.972. The fourth-order valence-corrected chi connectivity index (χ4v) is 1.81. The van der Waals surface area contributed by atoms with Gasteiger partial charge in [0.25, 0.3) is 0 Å². The lowest BCUT2D eigenvalue weighted by Gasteiger charge is -1.94. The Balaban J connectivity index is 2.35. The lowest BCUT2D eigenvalue weighted by atomic mass is 10.1. The molecule has 1 aliphatic heterocycles. The highest BCUT2D eigenvalue weighted by Gasteiger charge is 2.13. The molecule has 0 bridgehead atoms. The van der Waals surface area contributed by atoms with E-state index in [1.807, 2.05) is 6.92 Å². The van der Waals surface area contributed by atoms with E-state index < -0.39 is 0 Å². The van der Waals surface area contributed by atoms with Crippen molar-refractivity contribution >= 4 is 11.0 Å². The molecule has 3 nitrogen and oxygen atoms in total. The van der Waals surface area contributed by atoms with Gasteiger partial charge in [-0.2, -0.15) is 0 Å². The summed E-state index contributed by atoms with van der Waals surface area (Å²) in [5.41, 5.74) is 4.72. The first-order valence-corrected chi connectivity index (χ1v) is 4.39. The predicted molar refractivity (Wildman–Crippen MR) is 49.3 cm³/mol. The van der Waals surface area contributed by atoms with Gasteiger partial charge >= 0.3 is 0 Å². The summed E-state index contributed by atoms with van der Waals surface area (Å²) < 4.78 is 5.34. The van der Waals surface area contributed by atoms with Gasteiger partial charge in [-0.15, -0.1) is 0 Å². The SMILES string of the molecule is Cc1nc2cc3c(cc2[nH]1)COC3. The molecule has 2 aromatic rings. The second-order valence-corrected chi connectivity index (χ2v) is 3.45. The van der Waals surface area contributed by atoms with Crippen molar-refractivity contribution in [2.24, 2.45) is 0 Å². The Bertz CT molecular complexity index is 432. The number of aromatic nitrogens is 2. The molecule has 0 spiro atoms. The zero-order valence-corrected chi connectivity index (χ0v) is 7.42. The van der Waals surface area contributed by atoms with Crippen LogP contribution < -0.4 is 0 Å². The number of rotatable bonds is 0. The Morgan fingerprint density at radius 1 is 1.31 bits per heavy atom. The quantitative estimate of drug-likeness (QED) is 0.662. The monoisotopic (exact) mass is 174 g/mol. The van der Waals surface area contributed by atoms with E-state index in [1.54, 1.807) is 0 Å². The molecule has 3 rings (SSSR count). The summed E-state index contributed by atoms with van der Waals surface area (Å²) in [5, 5.41) is 0. The van der Waals surface area contributed by atoms with Crippen LogP contribution in [-0.4, -0.2) is 9.97 Å². The highest BCUT2D eigenvalue weighted by molar-refractivity contribution is 5.77. The van der Waals surface area contributed by atoms with E-state index in [0.717, 1.165) is 30.1 Å². The number of aryl methyl sites for hydroxylation is 1. The van der Waals surface area contributed by atoms with Crippen molar-refractivity contribution in [2.45, 2.75) is 20.1 Å². The van der Waals surface area contributed by atoms with Crippen LogP contribution in [0.4, 0.5) is 0 Å².